The van der Waals surface area contributed by atoms with Gasteiger partial charge in [0.2, 0.25) is 5.91 Å². The fraction of sp³-hybridized carbons (Fsp3) is 0.588. The number of methoxy groups -OCH3 is 1. The maximum absolute atomic E-state index is 12.9. The Morgan fingerprint density at radius 3 is 2.75 bits per heavy atom. The molecule has 0 aliphatic carbocycles. The lowest BCUT2D eigenvalue weighted by Crippen LogP contribution is -2.49. The number of anilines is 1. The van der Waals surface area contributed by atoms with Crippen molar-refractivity contribution in [1.82, 2.24) is 4.90 Å². The van der Waals surface area contributed by atoms with Crippen LogP contribution in [0.25, 0.3) is 0 Å². The van der Waals surface area contributed by atoms with E-state index in [1.807, 2.05) is 13.0 Å². The summed E-state index contributed by atoms with van der Waals surface area (Å²) in [6.07, 6.45) is -3.65. The number of nitrogens with one attached hydrogen (secondary N) is 1. The Morgan fingerprint density at radius 2 is 2.12 bits per heavy atom. The standard InChI is InChI=1S/C17H23F3N2O2/c1-11-6-7-15(24-3)14(9-11)21-16(23)12(2)22-8-4-5-13(10-22)17(18,19)20/h6-7,9,12-13H,4-5,8,10H2,1-3H3,(H,21,23)/t12-,13-/m1/s1. The maximum atomic E-state index is 12.9. The molecule has 2 rings (SSSR count). The summed E-state index contributed by atoms with van der Waals surface area (Å²) in [6.45, 7) is 3.88. The fourth-order valence-electron chi connectivity index (χ4n) is 2.95. The third kappa shape index (κ3) is 4.41. The van der Waals surface area contributed by atoms with Crippen molar-refractivity contribution >= 4 is 11.6 Å². The SMILES string of the molecule is COc1ccc(C)cc1NC(=O)[C@@H](C)N1CCC[C@@H](C(F)(F)F)C1. The number of piperidine rings is 1. The third-order valence-corrected chi connectivity index (χ3v) is 4.46. The highest BCUT2D eigenvalue weighted by atomic mass is 19.4. The Hall–Kier alpha value is -1.76. The van der Waals surface area contributed by atoms with E-state index in [0.717, 1.165) is 5.56 Å². The molecule has 0 spiro atoms. The van der Waals surface area contributed by atoms with Crippen LogP contribution in [0.1, 0.15) is 25.3 Å². The molecule has 1 aliphatic rings. The van der Waals surface area contributed by atoms with Crippen LogP contribution in [-0.4, -0.2) is 43.2 Å². The van der Waals surface area contributed by atoms with Crippen molar-refractivity contribution in [3.05, 3.63) is 23.8 Å². The average molecular weight is 344 g/mol. The molecule has 0 unspecified atom stereocenters. The molecular weight excluding hydrogens is 321 g/mol. The van der Waals surface area contributed by atoms with Gasteiger partial charge in [-0.25, -0.2) is 0 Å². The summed E-state index contributed by atoms with van der Waals surface area (Å²) < 4.78 is 44.0. The van der Waals surface area contributed by atoms with E-state index in [4.69, 9.17) is 4.74 Å². The van der Waals surface area contributed by atoms with E-state index in [0.29, 0.717) is 24.4 Å². The van der Waals surface area contributed by atoms with Crippen LogP contribution in [0.2, 0.25) is 0 Å². The number of hydrogen-bond donors (Lipinski definition) is 1. The van der Waals surface area contributed by atoms with Gasteiger partial charge >= 0.3 is 6.18 Å². The zero-order valence-corrected chi connectivity index (χ0v) is 14.1. The van der Waals surface area contributed by atoms with Gasteiger partial charge in [-0.1, -0.05) is 6.07 Å². The lowest BCUT2D eigenvalue weighted by molar-refractivity contribution is -0.188. The van der Waals surface area contributed by atoms with E-state index in [-0.39, 0.29) is 18.9 Å². The smallest absolute Gasteiger partial charge is 0.393 e. The topological polar surface area (TPSA) is 41.6 Å². The number of carbonyl (C=O) groups excluding carboxylic acids is 1. The normalized spacial score (nSPS) is 20.5. The molecule has 2 atom stereocenters. The summed E-state index contributed by atoms with van der Waals surface area (Å²) in [5, 5.41) is 2.77. The number of benzene rings is 1. The molecule has 0 radical (unpaired) electrons. The van der Waals surface area contributed by atoms with Gasteiger partial charge in [0.25, 0.3) is 0 Å². The van der Waals surface area contributed by atoms with E-state index in [9.17, 15) is 18.0 Å². The molecule has 1 amide bonds. The monoisotopic (exact) mass is 344 g/mol. The Kier molecular flexibility index (Phi) is 5.74. The van der Waals surface area contributed by atoms with Gasteiger partial charge in [-0.3, -0.25) is 9.69 Å². The van der Waals surface area contributed by atoms with Gasteiger partial charge in [-0.2, -0.15) is 13.2 Å². The predicted molar refractivity (Wildman–Crippen MR) is 86.2 cm³/mol. The molecule has 0 aromatic heterocycles. The Morgan fingerprint density at radius 1 is 1.42 bits per heavy atom. The van der Waals surface area contributed by atoms with Crippen molar-refractivity contribution in [2.75, 3.05) is 25.5 Å². The number of ether oxygens (including phenoxy) is 1. The van der Waals surface area contributed by atoms with Crippen LogP contribution in [0, 0.1) is 12.8 Å². The molecule has 7 heteroatoms. The molecule has 1 N–H and O–H groups in total. The van der Waals surface area contributed by atoms with Crippen molar-refractivity contribution in [2.24, 2.45) is 5.92 Å². The van der Waals surface area contributed by atoms with Gasteiger partial charge in [0, 0.05) is 6.54 Å². The van der Waals surface area contributed by atoms with Gasteiger partial charge in [0.1, 0.15) is 5.75 Å². The van der Waals surface area contributed by atoms with Crippen molar-refractivity contribution in [1.29, 1.82) is 0 Å². The fourth-order valence-corrected chi connectivity index (χ4v) is 2.95. The van der Waals surface area contributed by atoms with Crippen LogP contribution in [0.15, 0.2) is 18.2 Å². The molecule has 1 aromatic carbocycles. The summed E-state index contributed by atoms with van der Waals surface area (Å²) in [6, 6.07) is 4.74. The number of amides is 1. The van der Waals surface area contributed by atoms with Crippen molar-refractivity contribution in [2.45, 2.75) is 38.9 Å². The van der Waals surface area contributed by atoms with E-state index < -0.39 is 18.1 Å². The Labute approximate surface area is 140 Å². The second kappa shape index (κ2) is 7.42. The number of nitrogens with zero attached hydrogens (tertiary/aromatic N) is 1. The number of likely N-dealkylation sites (tertiary alicyclic amines) is 1. The van der Waals surface area contributed by atoms with E-state index in [1.54, 1.807) is 24.0 Å². The van der Waals surface area contributed by atoms with Crippen LogP contribution < -0.4 is 10.1 Å². The minimum Gasteiger partial charge on any atom is -0.495 e. The van der Waals surface area contributed by atoms with Gasteiger partial charge in [-0.05, 0) is 50.9 Å². The summed E-state index contributed by atoms with van der Waals surface area (Å²) in [5.41, 5.74) is 1.48. The largest absolute Gasteiger partial charge is 0.495 e. The highest BCUT2D eigenvalue weighted by Crippen LogP contribution is 2.34. The summed E-state index contributed by atoms with van der Waals surface area (Å²) in [7, 11) is 1.50. The predicted octanol–water partition coefficient (Wildman–Crippen LogP) is 3.60. The Balaban J connectivity index is 2.06. The molecule has 1 saturated heterocycles. The molecule has 1 heterocycles. The van der Waals surface area contributed by atoms with Crippen LogP contribution in [-0.2, 0) is 4.79 Å². The lowest BCUT2D eigenvalue weighted by Gasteiger charge is -2.36. The zero-order chi connectivity index (χ0) is 17.9. The summed E-state index contributed by atoms with van der Waals surface area (Å²) >= 11 is 0. The molecule has 1 aliphatic heterocycles. The van der Waals surface area contributed by atoms with Gasteiger partial charge in [0.15, 0.2) is 0 Å². The number of rotatable bonds is 4. The molecular formula is C17H23F3N2O2. The van der Waals surface area contributed by atoms with Crippen molar-refractivity contribution < 1.29 is 22.7 Å². The van der Waals surface area contributed by atoms with Crippen LogP contribution >= 0.6 is 0 Å². The maximum Gasteiger partial charge on any atom is 0.393 e. The Bertz CT molecular complexity index is 590. The lowest BCUT2D eigenvalue weighted by atomic mass is 9.96. The van der Waals surface area contributed by atoms with Crippen LogP contribution in [0.5, 0.6) is 5.75 Å². The third-order valence-electron chi connectivity index (χ3n) is 4.46. The van der Waals surface area contributed by atoms with E-state index in [2.05, 4.69) is 5.32 Å². The van der Waals surface area contributed by atoms with Crippen molar-refractivity contribution in [3.8, 4) is 5.75 Å². The first-order valence-corrected chi connectivity index (χ1v) is 7.98. The minimum atomic E-state index is -4.21. The first-order valence-electron chi connectivity index (χ1n) is 7.98. The van der Waals surface area contributed by atoms with E-state index >= 15 is 0 Å². The number of halogens is 3. The highest BCUT2D eigenvalue weighted by Gasteiger charge is 2.43. The molecule has 24 heavy (non-hydrogen) atoms. The number of aryl methyl sites for hydroxylation is 1. The summed E-state index contributed by atoms with van der Waals surface area (Å²) in [5.74, 6) is -1.18. The van der Waals surface area contributed by atoms with Crippen molar-refractivity contribution in [3.63, 3.8) is 0 Å². The van der Waals surface area contributed by atoms with Crippen LogP contribution in [0.3, 0.4) is 0 Å². The average Bonchev–Trinajstić information content (AvgIpc) is 2.53. The number of carbonyl (C=O) groups is 1. The second-order valence-electron chi connectivity index (χ2n) is 6.24. The quantitative estimate of drug-likeness (QED) is 0.907. The van der Waals surface area contributed by atoms with E-state index in [1.165, 1.54) is 7.11 Å². The first-order chi connectivity index (χ1) is 11.2. The molecule has 0 bridgehead atoms. The highest BCUT2D eigenvalue weighted by molar-refractivity contribution is 5.95. The molecule has 134 valence electrons. The molecule has 4 nitrogen and oxygen atoms in total. The molecule has 1 fully saturated rings. The van der Waals surface area contributed by atoms with Gasteiger partial charge < -0.3 is 10.1 Å². The van der Waals surface area contributed by atoms with Gasteiger partial charge in [-0.15, -0.1) is 0 Å². The zero-order valence-electron chi connectivity index (χ0n) is 14.1. The minimum absolute atomic E-state index is 0.125. The molecule has 1 aromatic rings. The molecule has 0 saturated carbocycles. The second-order valence-corrected chi connectivity index (χ2v) is 6.24. The van der Waals surface area contributed by atoms with Crippen LogP contribution in [0.4, 0.5) is 18.9 Å². The van der Waals surface area contributed by atoms with Gasteiger partial charge in [0.05, 0.1) is 24.8 Å². The number of hydrogen-bond acceptors (Lipinski definition) is 3. The summed E-state index contributed by atoms with van der Waals surface area (Å²) in [4.78, 5) is 14.1. The number of alkyl halides is 3. The first kappa shape index (κ1) is 18.6.